The van der Waals surface area contributed by atoms with Gasteiger partial charge in [-0.25, -0.2) is 4.57 Å². The number of hydrogen-bond donors (Lipinski definition) is 4. The zero-order chi connectivity index (χ0) is 19.2. The van der Waals surface area contributed by atoms with Crippen LogP contribution in [0.3, 0.4) is 0 Å². The molecule has 5 N–H and O–H groups in total. The van der Waals surface area contributed by atoms with Crippen LogP contribution in [-0.4, -0.2) is 20.7 Å². The number of benzene rings is 3. The normalized spacial score (nSPS) is 12.2. The molecule has 7 heteroatoms. The molecule has 3 aromatic carbocycles. The first-order valence-electron chi connectivity index (χ1n) is 8.01. The molecule has 0 fully saturated rings. The average Bonchev–Trinajstić information content (AvgIpc) is 2.55. The van der Waals surface area contributed by atoms with Crippen molar-refractivity contribution in [3.8, 4) is 11.5 Å². The van der Waals surface area contributed by atoms with Gasteiger partial charge < -0.3 is 25.2 Å². The van der Waals surface area contributed by atoms with E-state index < -0.39 is 7.82 Å². The summed E-state index contributed by atoms with van der Waals surface area (Å²) >= 11 is 0. The van der Waals surface area contributed by atoms with Crippen molar-refractivity contribution in [2.45, 2.75) is 19.4 Å². The van der Waals surface area contributed by atoms with Gasteiger partial charge in [-0.05, 0) is 36.4 Å². The zero-order valence-corrected chi connectivity index (χ0v) is 15.2. The van der Waals surface area contributed by atoms with E-state index in [0.717, 1.165) is 28.9 Å². The maximum absolute atomic E-state index is 8.88. The minimum Gasteiger partial charge on any atom is -0.456 e. The standard InChI is InChI=1S/C19H19NO.H3O4P/c1-14(20)13-16-8-3-5-11-18(16)21-19-12-6-9-15-7-2-4-10-17(15)19;1-5(2,3)4/h2-12,14H,13,20H2,1H3;(H3,1,2,3,4). The van der Waals surface area contributed by atoms with E-state index in [1.54, 1.807) is 0 Å². The van der Waals surface area contributed by atoms with E-state index in [-0.39, 0.29) is 6.04 Å². The highest BCUT2D eigenvalue weighted by Crippen LogP contribution is 2.31. The zero-order valence-electron chi connectivity index (χ0n) is 14.3. The molecule has 0 spiro atoms. The van der Waals surface area contributed by atoms with Gasteiger partial charge in [0.1, 0.15) is 11.5 Å². The summed E-state index contributed by atoms with van der Waals surface area (Å²) in [5, 5.41) is 2.30. The molecule has 0 aliphatic rings. The van der Waals surface area contributed by atoms with Gasteiger partial charge in [-0.3, -0.25) is 0 Å². The molecule has 0 saturated carbocycles. The van der Waals surface area contributed by atoms with E-state index in [4.69, 9.17) is 29.7 Å². The van der Waals surface area contributed by atoms with Crippen molar-refractivity contribution in [2.75, 3.05) is 0 Å². The Kier molecular flexibility index (Phi) is 6.91. The minimum absolute atomic E-state index is 0.113. The molecule has 0 aliphatic heterocycles. The van der Waals surface area contributed by atoms with Crippen molar-refractivity contribution in [3.63, 3.8) is 0 Å². The molecule has 0 saturated heterocycles. The van der Waals surface area contributed by atoms with Crippen LogP contribution in [0, 0.1) is 0 Å². The molecule has 3 rings (SSSR count). The Morgan fingerprint density at radius 2 is 1.46 bits per heavy atom. The van der Waals surface area contributed by atoms with Gasteiger partial charge in [0, 0.05) is 11.4 Å². The third-order valence-corrected chi connectivity index (χ3v) is 3.48. The molecule has 0 aliphatic carbocycles. The quantitative estimate of drug-likeness (QED) is 0.518. The van der Waals surface area contributed by atoms with Gasteiger partial charge in [0.15, 0.2) is 0 Å². The summed E-state index contributed by atoms with van der Waals surface area (Å²) in [5.74, 6) is 1.76. The van der Waals surface area contributed by atoms with Gasteiger partial charge in [0.05, 0.1) is 0 Å². The van der Waals surface area contributed by atoms with Crippen molar-refractivity contribution in [1.29, 1.82) is 0 Å². The molecule has 1 atom stereocenters. The lowest BCUT2D eigenvalue weighted by Gasteiger charge is -2.14. The molecular weight excluding hydrogens is 353 g/mol. The topological polar surface area (TPSA) is 113 Å². The fraction of sp³-hybridized carbons (Fsp3) is 0.158. The second-order valence-electron chi connectivity index (χ2n) is 5.88. The molecule has 6 nitrogen and oxygen atoms in total. The van der Waals surface area contributed by atoms with Crippen LogP contribution in [-0.2, 0) is 11.0 Å². The van der Waals surface area contributed by atoms with Crippen LogP contribution in [0.4, 0.5) is 0 Å². The molecule has 1 unspecified atom stereocenters. The van der Waals surface area contributed by atoms with Crippen LogP contribution >= 0.6 is 7.82 Å². The van der Waals surface area contributed by atoms with E-state index in [9.17, 15) is 0 Å². The SMILES string of the molecule is CC(N)Cc1ccccc1Oc1cccc2ccccc12.O=P(O)(O)O. The smallest absolute Gasteiger partial charge is 0.456 e. The van der Waals surface area contributed by atoms with E-state index in [2.05, 4.69) is 24.3 Å². The lowest BCUT2D eigenvalue weighted by Crippen LogP contribution is -2.18. The molecule has 138 valence electrons. The van der Waals surface area contributed by atoms with Gasteiger partial charge in [0.2, 0.25) is 0 Å². The Morgan fingerprint density at radius 1 is 0.923 bits per heavy atom. The van der Waals surface area contributed by atoms with Gasteiger partial charge in [-0.15, -0.1) is 0 Å². The molecule has 26 heavy (non-hydrogen) atoms. The summed E-state index contributed by atoms with van der Waals surface area (Å²) in [6, 6.07) is 22.6. The van der Waals surface area contributed by atoms with E-state index in [1.165, 1.54) is 5.39 Å². The van der Waals surface area contributed by atoms with Crippen LogP contribution in [0.1, 0.15) is 12.5 Å². The fourth-order valence-corrected chi connectivity index (χ4v) is 2.52. The summed E-state index contributed by atoms with van der Waals surface area (Å²) in [4.78, 5) is 21.6. The Hall–Kier alpha value is -2.21. The maximum atomic E-state index is 8.88. The number of phosphoric acid groups is 1. The van der Waals surface area contributed by atoms with Crippen molar-refractivity contribution >= 4 is 18.6 Å². The lowest BCUT2D eigenvalue weighted by molar-refractivity contribution is 0.275. The van der Waals surface area contributed by atoms with Crippen LogP contribution in [0.5, 0.6) is 11.5 Å². The average molecular weight is 375 g/mol. The number of para-hydroxylation sites is 1. The highest BCUT2D eigenvalue weighted by atomic mass is 31.2. The van der Waals surface area contributed by atoms with Crippen molar-refractivity contribution in [2.24, 2.45) is 5.73 Å². The largest absolute Gasteiger partial charge is 0.466 e. The second kappa shape index (κ2) is 8.94. The highest BCUT2D eigenvalue weighted by Gasteiger charge is 2.08. The Balaban J connectivity index is 0.000000431. The molecule has 3 aromatic rings. The molecular formula is C19H22NO5P. The van der Waals surface area contributed by atoms with Crippen LogP contribution < -0.4 is 10.5 Å². The van der Waals surface area contributed by atoms with Crippen LogP contribution in [0.25, 0.3) is 10.8 Å². The third kappa shape index (κ3) is 6.59. The van der Waals surface area contributed by atoms with Gasteiger partial charge in [-0.2, -0.15) is 0 Å². The van der Waals surface area contributed by atoms with Crippen LogP contribution in [0.2, 0.25) is 0 Å². The number of fused-ring (bicyclic) bond motifs is 1. The molecule has 0 bridgehead atoms. The van der Waals surface area contributed by atoms with Crippen LogP contribution in [0.15, 0.2) is 66.7 Å². The number of rotatable bonds is 4. The molecule has 0 aromatic heterocycles. The number of nitrogens with two attached hydrogens (primary N) is 1. The number of hydrogen-bond acceptors (Lipinski definition) is 3. The minimum atomic E-state index is -4.64. The van der Waals surface area contributed by atoms with E-state index in [0.29, 0.717) is 0 Å². The lowest BCUT2D eigenvalue weighted by atomic mass is 10.1. The summed E-state index contributed by atoms with van der Waals surface area (Å²) in [7, 11) is -4.64. The first kappa shape index (κ1) is 20.1. The Morgan fingerprint density at radius 3 is 2.15 bits per heavy atom. The first-order valence-corrected chi connectivity index (χ1v) is 9.58. The summed E-state index contributed by atoms with van der Waals surface area (Å²) < 4.78 is 15.1. The van der Waals surface area contributed by atoms with E-state index >= 15 is 0 Å². The molecule has 0 heterocycles. The maximum Gasteiger partial charge on any atom is 0.466 e. The Labute approximate surface area is 152 Å². The first-order chi connectivity index (χ1) is 12.2. The highest BCUT2D eigenvalue weighted by molar-refractivity contribution is 7.45. The number of ether oxygens (including phenoxy) is 1. The fourth-order valence-electron chi connectivity index (χ4n) is 2.52. The third-order valence-electron chi connectivity index (χ3n) is 3.48. The molecule has 0 amide bonds. The van der Waals surface area contributed by atoms with Gasteiger partial charge in [-0.1, -0.05) is 54.6 Å². The summed E-state index contributed by atoms with van der Waals surface area (Å²) in [5.41, 5.74) is 7.06. The van der Waals surface area contributed by atoms with E-state index in [1.807, 2.05) is 49.4 Å². The molecule has 0 radical (unpaired) electrons. The van der Waals surface area contributed by atoms with Crippen molar-refractivity contribution < 1.29 is 24.0 Å². The summed E-state index contributed by atoms with van der Waals surface area (Å²) in [6.07, 6.45) is 0.806. The monoisotopic (exact) mass is 375 g/mol. The van der Waals surface area contributed by atoms with Gasteiger partial charge in [0.25, 0.3) is 0 Å². The Bertz CT molecular complexity index is 894. The summed E-state index contributed by atoms with van der Waals surface area (Å²) in [6.45, 7) is 2.01. The van der Waals surface area contributed by atoms with Crippen molar-refractivity contribution in [3.05, 3.63) is 72.3 Å². The van der Waals surface area contributed by atoms with Crippen molar-refractivity contribution in [1.82, 2.24) is 0 Å². The predicted octanol–water partition coefficient (Wildman–Crippen LogP) is 3.59. The van der Waals surface area contributed by atoms with Gasteiger partial charge >= 0.3 is 7.82 Å². The second-order valence-corrected chi connectivity index (χ2v) is 6.91. The predicted molar refractivity (Wildman–Crippen MR) is 102 cm³/mol.